The average Bonchev–Trinajstić information content (AvgIpc) is 2.79. The van der Waals surface area contributed by atoms with Crippen LogP contribution in [0.3, 0.4) is 0 Å². The van der Waals surface area contributed by atoms with E-state index >= 15 is 0 Å². The van der Waals surface area contributed by atoms with Crippen LogP contribution < -0.4 is 10.1 Å². The molecule has 168 valence electrons. The van der Waals surface area contributed by atoms with Gasteiger partial charge in [0.2, 0.25) is 15.9 Å². The summed E-state index contributed by atoms with van der Waals surface area (Å²) in [4.78, 5) is 13.9. The van der Waals surface area contributed by atoms with Crippen molar-refractivity contribution in [3.8, 4) is 5.75 Å². The Morgan fingerprint density at radius 1 is 1.16 bits per heavy atom. The summed E-state index contributed by atoms with van der Waals surface area (Å²) in [7, 11) is -2.26. The number of hydrogen-bond donors (Lipinski definition) is 1. The number of thioether (sulfide) groups is 1. The molecule has 6 nitrogen and oxygen atoms in total. The van der Waals surface area contributed by atoms with Crippen LogP contribution in [-0.2, 0) is 14.8 Å². The van der Waals surface area contributed by atoms with E-state index in [9.17, 15) is 13.2 Å². The minimum Gasteiger partial charge on any atom is -0.495 e. The number of methoxy groups -OCH3 is 1. The number of hydrogen-bond acceptors (Lipinski definition) is 5. The molecule has 1 N–H and O–H groups in total. The highest BCUT2D eigenvalue weighted by molar-refractivity contribution is 8.00. The molecule has 1 aliphatic rings. The minimum absolute atomic E-state index is 0.0769. The van der Waals surface area contributed by atoms with Crippen molar-refractivity contribution in [1.82, 2.24) is 4.31 Å². The van der Waals surface area contributed by atoms with Crippen molar-refractivity contribution in [2.75, 3.05) is 25.5 Å². The van der Waals surface area contributed by atoms with Gasteiger partial charge in [0, 0.05) is 28.7 Å². The highest BCUT2D eigenvalue weighted by atomic mass is 35.5. The molecule has 9 heteroatoms. The van der Waals surface area contributed by atoms with Gasteiger partial charge in [0.15, 0.2) is 0 Å². The smallest absolute Gasteiger partial charge is 0.246 e. The van der Waals surface area contributed by atoms with Crippen molar-refractivity contribution in [1.29, 1.82) is 0 Å². The molecule has 1 saturated heterocycles. The fraction of sp³-hybridized carbons (Fsp3) is 0.409. The molecular formula is C22H27ClN2O4S2. The first-order chi connectivity index (χ1) is 14.8. The quantitative estimate of drug-likeness (QED) is 0.534. The Morgan fingerprint density at radius 2 is 1.84 bits per heavy atom. The summed E-state index contributed by atoms with van der Waals surface area (Å²) in [5.41, 5.74) is 0.427. The SMILES string of the molecule is CC[C@H](Sc1ccc(Cl)cc1)C(=O)Nc1ccc(OC)c(S(=O)(=O)N2CCCCC2)c1. The van der Waals surface area contributed by atoms with Gasteiger partial charge in [0.05, 0.1) is 12.4 Å². The van der Waals surface area contributed by atoms with Crippen molar-refractivity contribution in [2.45, 2.75) is 47.6 Å². The lowest BCUT2D eigenvalue weighted by Crippen LogP contribution is -2.35. The van der Waals surface area contributed by atoms with Gasteiger partial charge in [0.1, 0.15) is 10.6 Å². The zero-order valence-corrected chi connectivity index (χ0v) is 20.0. The lowest BCUT2D eigenvalue weighted by molar-refractivity contribution is -0.115. The third-order valence-corrected chi connectivity index (χ3v) is 8.67. The maximum atomic E-state index is 13.2. The number of anilines is 1. The third-order valence-electron chi connectivity index (χ3n) is 5.12. The Bertz CT molecular complexity index is 1010. The predicted molar refractivity (Wildman–Crippen MR) is 126 cm³/mol. The summed E-state index contributed by atoms with van der Waals surface area (Å²) in [6.45, 7) is 2.93. The van der Waals surface area contributed by atoms with Crippen molar-refractivity contribution >= 4 is 45.0 Å². The topological polar surface area (TPSA) is 75.7 Å². The molecule has 0 radical (unpaired) electrons. The Hall–Kier alpha value is -1.74. The molecule has 31 heavy (non-hydrogen) atoms. The lowest BCUT2D eigenvalue weighted by atomic mass is 10.2. The van der Waals surface area contributed by atoms with Crippen LogP contribution in [-0.4, -0.2) is 44.1 Å². The van der Waals surface area contributed by atoms with Crippen LogP contribution in [0.15, 0.2) is 52.3 Å². The van der Waals surface area contributed by atoms with Crippen LogP contribution in [0.5, 0.6) is 5.75 Å². The van der Waals surface area contributed by atoms with Crippen molar-refractivity contribution in [3.63, 3.8) is 0 Å². The molecule has 1 fully saturated rings. The number of carbonyl (C=O) groups is 1. The number of rotatable bonds is 8. The number of piperidine rings is 1. The molecule has 2 aromatic rings. The first kappa shape index (κ1) is 23.9. The Balaban J connectivity index is 1.79. The average molecular weight is 483 g/mol. The van der Waals surface area contributed by atoms with E-state index < -0.39 is 10.0 Å². The van der Waals surface area contributed by atoms with Gasteiger partial charge in [-0.05, 0) is 61.7 Å². The van der Waals surface area contributed by atoms with E-state index in [4.69, 9.17) is 16.3 Å². The molecule has 0 aromatic heterocycles. The minimum atomic E-state index is -3.70. The highest BCUT2D eigenvalue weighted by Gasteiger charge is 2.29. The number of benzene rings is 2. The highest BCUT2D eigenvalue weighted by Crippen LogP contribution is 2.32. The van der Waals surface area contributed by atoms with E-state index in [-0.39, 0.29) is 21.8 Å². The molecular weight excluding hydrogens is 456 g/mol. The molecule has 1 atom stereocenters. The summed E-state index contributed by atoms with van der Waals surface area (Å²) >= 11 is 7.38. The second kappa shape index (κ2) is 10.7. The second-order valence-corrected chi connectivity index (χ2v) is 10.9. The van der Waals surface area contributed by atoms with Crippen LogP contribution in [0.1, 0.15) is 32.6 Å². The van der Waals surface area contributed by atoms with Gasteiger partial charge in [-0.1, -0.05) is 24.9 Å². The van der Waals surface area contributed by atoms with Crippen LogP contribution in [0, 0.1) is 0 Å². The second-order valence-electron chi connectivity index (χ2n) is 7.29. The van der Waals surface area contributed by atoms with Crippen LogP contribution in [0.2, 0.25) is 5.02 Å². The van der Waals surface area contributed by atoms with E-state index in [2.05, 4.69) is 5.32 Å². The first-order valence-corrected chi connectivity index (χ1v) is 13.0. The van der Waals surface area contributed by atoms with Gasteiger partial charge in [-0.3, -0.25) is 4.79 Å². The van der Waals surface area contributed by atoms with E-state index in [1.54, 1.807) is 24.3 Å². The van der Waals surface area contributed by atoms with Gasteiger partial charge in [0.25, 0.3) is 0 Å². The molecule has 1 amide bonds. The van der Waals surface area contributed by atoms with Crippen LogP contribution >= 0.6 is 23.4 Å². The molecule has 0 spiro atoms. The normalized spacial score (nSPS) is 16.0. The Morgan fingerprint density at radius 3 is 2.45 bits per heavy atom. The number of nitrogens with zero attached hydrogens (tertiary/aromatic N) is 1. The van der Waals surface area contributed by atoms with E-state index in [1.165, 1.54) is 29.2 Å². The zero-order valence-electron chi connectivity index (χ0n) is 17.6. The molecule has 3 rings (SSSR count). The Kier molecular flexibility index (Phi) is 8.27. The number of carbonyl (C=O) groups excluding carboxylic acids is 1. The number of nitrogens with one attached hydrogen (secondary N) is 1. The summed E-state index contributed by atoms with van der Waals surface area (Å²) in [6.07, 6.45) is 3.34. The van der Waals surface area contributed by atoms with Gasteiger partial charge in [-0.2, -0.15) is 4.31 Å². The molecule has 0 unspecified atom stereocenters. The van der Waals surface area contributed by atoms with Gasteiger partial charge in [-0.15, -0.1) is 11.8 Å². The third kappa shape index (κ3) is 5.94. The monoisotopic (exact) mass is 482 g/mol. The number of sulfonamides is 1. The maximum absolute atomic E-state index is 13.2. The standard InChI is InChI=1S/C22H27ClN2O4S2/c1-3-20(30-18-10-7-16(23)8-11-18)22(26)24-17-9-12-19(29-2)21(15-17)31(27,28)25-13-5-4-6-14-25/h7-12,15,20H,3-6,13-14H2,1-2H3,(H,24,26)/t20-/m0/s1. The fourth-order valence-corrected chi connectivity index (χ4v) is 6.20. The van der Waals surface area contributed by atoms with Gasteiger partial charge in [-0.25, -0.2) is 8.42 Å². The van der Waals surface area contributed by atoms with Crippen LogP contribution in [0.25, 0.3) is 0 Å². The summed E-state index contributed by atoms with van der Waals surface area (Å²) in [5, 5.41) is 3.18. The molecule has 1 heterocycles. The van der Waals surface area contributed by atoms with Crippen molar-refractivity contribution < 1.29 is 17.9 Å². The molecule has 1 aliphatic heterocycles. The summed E-state index contributed by atoms with van der Waals surface area (Å²) < 4.78 is 33.2. The van der Waals surface area contributed by atoms with Gasteiger partial charge >= 0.3 is 0 Å². The van der Waals surface area contributed by atoms with Gasteiger partial charge < -0.3 is 10.1 Å². The largest absolute Gasteiger partial charge is 0.495 e. The molecule has 0 aliphatic carbocycles. The summed E-state index contributed by atoms with van der Waals surface area (Å²) in [5.74, 6) is 0.0834. The molecule has 2 aromatic carbocycles. The maximum Gasteiger partial charge on any atom is 0.246 e. The van der Waals surface area contributed by atoms with E-state index in [1.807, 2.05) is 19.1 Å². The fourth-order valence-electron chi connectivity index (χ4n) is 3.42. The Labute approximate surface area is 193 Å². The summed E-state index contributed by atoms with van der Waals surface area (Å²) in [6, 6.07) is 12.1. The van der Waals surface area contributed by atoms with E-state index in [0.29, 0.717) is 30.2 Å². The number of ether oxygens (including phenoxy) is 1. The van der Waals surface area contributed by atoms with Crippen molar-refractivity contribution in [3.05, 3.63) is 47.5 Å². The van der Waals surface area contributed by atoms with E-state index in [0.717, 1.165) is 24.2 Å². The number of halogens is 1. The predicted octanol–water partition coefficient (Wildman–Crippen LogP) is 5.03. The zero-order chi connectivity index (χ0) is 22.4. The molecule has 0 bridgehead atoms. The van der Waals surface area contributed by atoms with Crippen molar-refractivity contribution in [2.24, 2.45) is 0 Å². The molecule has 0 saturated carbocycles. The number of amides is 1. The first-order valence-electron chi connectivity index (χ1n) is 10.3. The lowest BCUT2D eigenvalue weighted by Gasteiger charge is -2.26. The van der Waals surface area contributed by atoms with Crippen LogP contribution in [0.4, 0.5) is 5.69 Å².